The van der Waals surface area contributed by atoms with E-state index in [1.54, 1.807) is 37.5 Å². The van der Waals surface area contributed by atoms with Crippen molar-refractivity contribution in [3.05, 3.63) is 76.4 Å². The van der Waals surface area contributed by atoms with Gasteiger partial charge in [0.25, 0.3) is 0 Å². The van der Waals surface area contributed by atoms with E-state index in [-0.39, 0.29) is 36.9 Å². The molecule has 6 rings (SSSR count). The van der Waals surface area contributed by atoms with Crippen molar-refractivity contribution in [2.24, 2.45) is 17.3 Å². The van der Waals surface area contributed by atoms with E-state index in [1.807, 2.05) is 23.6 Å². The molecule has 0 bridgehead atoms. The summed E-state index contributed by atoms with van der Waals surface area (Å²) in [5, 5.41) is 11.5. The van der Waals surface area contributed by atoms with E-state index in [1.165, 1.54) is 6.92 Å². The number of rotatable bonds is 7. The van der Waals surface area contributed by atoms with Gasteiger partial charge < -0.3 is 14.4 Å². The highest BCUT2D eigenvalue weighted by Crippen LogP contribution is 2.70. The van der Waals surface area contributed by atoms with Crippen LogP contribution >= 0.6 is 0 Å². The zero-order valence-corrected chi connectivity index (χ0v) is 26.2. The van der Waals surface area contributed by atoms with Gasteiger partial charge >= 0.3 is 18.1 Å². The fraction of sp³-hybridized carbons (Fsp3) is 0.571. The lowest BCUT2D eigenvalue weighted by Crippen LogP contribution is -2.65. The first-order chi connectivity index (χ1) is 21.6. The van der Waals surface area contributed by atoms with Crippen LogP contribution in [-0.2, 0) is 20.9 Å². The molecule has 6 nitrogen and oxygen atoms in total. The van der Waals surface area contributed by atoms with Gasteiger partial charge in [-0.25, -0.2) is 4.98 Å². The second-order valence-electron chi connectivity index (χ2n) is 13.7. The number of allylic oxidation sites excluding steroid dienone is 4. The summed E-state index contributed by atoms with van der Waals surface area (Å²) in [6, 6.07) is 7.21. The Labute approximate surface area is 264 Å². The molecular formula is C35H39F5N2O4. The maximum atomic E-state index is 15.2. The van der Waals surface area contributed by atoms with Gasteiger partial charge in [0.1, 0.15) is 17.5 Å². The molecule has 2 aromatic rings. The van der Waals surface area contributed by atoms with E-state index in [0.717, 1.165) is 28.1 Å². The molecule has 4 aliphatic carbocycles. The van der Waals surface area contributed by atoms with Crippen LogP contribution in [0.1, 0.15) is 94.2 Å². The maximum absolute atomic E-state index is 15.2. The minimum Gasteiger partial charge on any atom is -0.458 e. The number of aromatic nitrogens is 2. The Bertz CT molecular complexity index is 1590. The zero-order valence-electron chi connectivity index (χ0n) is 26.2. The van der Waals surface area contributed by atoms with Crippen molar-refractivity contribution in [1.29, 1.82) is 0 Å². The number of fused-ring (bicyclic) bond motifs is 4. The molecule has 0 unspecified atom stereocenters. The number of benzene rings is 1. The summed E-state index contributed by atoms with van der Waals surface area (Å²) < 4.78 is 79.4. The Morgan fingerprint density at radius 1 is 1.13 bits per heavy atom. The first-order valence-corrected chi connectivity index (χ1v) is 16.0. The van der Waals surface area contributed by atoms with Crippen LogP contribution in [0.15, 0.2) is 59.5 Å². The van der Waals surface area contributed by atoms with Gasteiger partial charge in [-0.2, -0.15) is 22.0 Å². The Kier molecular flexibility index (Phi) is 8.09. The quantitative estimate of drug-likeness (QED) is 0.246. The van der Waals surface area contributed by atoms with Crippen LogP contribution in [0.3, 0.4) is 0 Å². The summed E-state index contributed by atoms with van der Waals surface area (Å²) in [7, 11) is 0. The summed E-state index contributed by atoms with van der Waals surface area (Å²) >= 11 is 0. The van der Waals surface area contributed by atoms with E-state index >= 15 is 8.78 Å². The van der Waals surface area contributed by atoms with Crippen LogP contribution < -0.4 is 0 Å². The first kappa shape index (κ1) is 32.6. The number of carbonyl (C=O) groups excluding carboxylic acids is 2. The summed E-state index contributed by atoms with van der Waals surface area (Å²) in [4.78, 5) is 29.0. The lowest BCUT2D eigenvalue weighted by molar-refractivity contribution is -0.362. The monoisotopic (exact) mass is 646 g/mol. The van der Waals surface area contributed by atoms with Crippen LogP contribution in [0.25, 0.3) is 0 Å². The minimum atomic E-state index is -5.90. The largest absolute Gasteiger partial charge is 0.458 e. The number of alkyl halides is 5. The van der Waals surface area contributed by atoms with Gasteiger partial charge in [0.05, 0.1) is 6.42 Å². The van der Waals surface area contributed by atoms with E-state index in [4.69, 9.17) is 4.74 Å². The molecule has 0 radical (unpaired) electrons. The molecule has 0 saturated heterocycles. The highest BCUT2D eigenvalue weighted by atomic mass is 19.4. The van der Waals surface area contributed by atoms with Gasteiger partial charge in [0.2, 0.25) is 0 Å². The predicted octanol–water partition coefficient (Wildman–Crippen LogP) is 7.71. The van der Waals surface area contributed by atoms with Gasteiger partial charge in [-0.1, -0.05) is 36.8 Å². The maximum Gasteiger partial charge on any atom is 0.456 e. The number of carbonyl (C=O) groups is 2. The van der Waals surface area contributed by atoms with E-state index in [2.05, 4.69) is 4.98 Å². The number of ether oxygens (including phenoxy) is 1. The highest BCUT2D eigenvalue weighted by Gasteiger charge is 2.79. The molecule has 46 heavy (non-hydrogen) atoms. The van der Waals surface area contributed by atoms with Crippen molar-refractivity contribution in [1.82, 2.24) is 9.55 Å². The molecule has 6 atom stereocenters. The third kappa shape index (κ3) is 5.13. The van der Waals surface area contributed by atoms with Crippen molar-refractivity contribution in [2.75, 3.05) is 0 Å². The summed E-state index contributed by atoms with van der Waals surface area (Å²) in [6.07, 6.45) is 0.00173. The van der Waals surface area contributed by atoms with Crippen LogP contribution in [0.5, 0.6) is 0 Å². The number of ketones is 1. The standard InChI is InChI=1S/C35H39F5N2O4/c1-20(46-30(44)13-16-42-17-15-41-21(42)2)22-4-6-23(7-5-22)28-19-32(3)29(12-14-33(32,45)34(36,37)35(38,39)40)27-10-8-24-18-25(43)9-11-26(24)31(27)28/h4-7,15,17-18,20,27-29,45H,8-14,16,19H2,1-3H3/t20-,27-,28+,29-,32-,33-/m0/s1. The predicted molar refractivity (Wildman–Crippen MR) is 159 cm³/mol. The lowest BCUT2D eigenvalue weighted by atomic mass is 9.50. The number of hydrogen-bond acceptors (Lipinski definition) is 5. The van der Waals surface area contributed by atoms with Crippen LogP contribution in [-0.4, -0.2) is 44.1 Å². The lowest BCUT2D eigenvalue weighted by Gasteiger charge is -2.56. The number of imidazole rings is 1. The summed E-state index contributed by atoms with van der Waals surface area (Å²) in [5.41, 5.74) is -0.589. The molecule has 0 amide bonds. The number of aryl methyl sites for hydroxylation is 2. The third-order valence-corrected chi connectivity index (χ3v) is 11.4. The number of hydrogen-bond donors (Lipinski definition) is 1. The molecule has 2 saturated carbocycles. The van der Waals surface area contributed by atoms with Crippen molar-refractivity contribution in [3.63, 3.8) is 0 Å². The molecule has 0 aliphatic heterocycles. The molecule has 4 aliphatic rings. The van der Waals surface area contributed by atoms with Crippen LogP contribution in [0, 0.1) is 24.2 Å². The molecule has 1 aromatic carbocycles. The Balaban J connectivity index is 1.32. The van der Waals surface area contributed by atoms with Gasteiger partial charge in [-0.3, -0.25) is 9.59 Å². The van der Waals surface area contributed by atoms with Crippen molar-refractivity contribution < 1.29 is 41.4 Å². The molecule has 2 fully saturated rings. The van der Waals surface area contributed by atoms with Gasteiger partial charge in [-0.05, 0) is 92.6 Å². The second kappa shape index (κ2) is 11.4. The van der Waals surface area contributed by atoms with Crippen LogP contribution in [0.2, 0.25) is 0 Å². The van der Waals surface area contributed by atoms with Crippen molar-refractivity contribution in [3.8, 4) is 0 Å². The molecular weight excluding hydrogens is 607 g/mol. The minimum absolute atomic E-state index is 0.0307. The van der Waals surface area contributed by atoms with E-state index in [9.17, 15) is 27.9 Å². The number of halogens is 5. The first-order valence-electron chi connectivity index (χ1n) is 16.0. The molecule has 0 spiro atoms. The topological polar surface area (TPSA) is 81.4 Å². The van der Waals surface area contributed by atoms with Crippen LogP contribution in [0.4, 0.5) is 22.0 Å². The molecule has 248 valence electrons. The fourth-order valence-electron chi connectivity index (χ4n) is 8.89. The fourth-order valence-corrected chi connectivity index (χ4v) is 8.89. The molecule has 1 aromatic heterocycles. The molecule has 11 heteroatoms. The average Bonchev–Trinajstić information content (AvgIpc) is 3.54. The highest BCUT2D eigenvalue weighted by molar-refractivity contribution is 5.93. The van der Waals surface area contributed by atoms with E-state index in [0.29, 0.717) is 37.8 Å². The normalized spacial score (nSPS) is 30.3. The van der Waals surface area contributed by atoms with E-state index < -0.39 is 47.5 Å². The molecule has 1 heterocycles. The Hall–Kier alpha value is -3.34. The van der Waals surface area contributed by atoms with Gasteiger partial charge in [0.15, 0.2) is 5.78 Å². The third-order valence-electron chi connectivity index (χ3n) is 11.4. The smallest absolute Gasteiger partial charge is 0.456 e. The number of aliphatic hydroxyl groups is 1. The zero-order chi connectivity index (χ0) is 33.2. The number of nitrogens with zero attached hydrogens (tertiary/aromatic N) is 2. The van der Waals surface area contributed by atoms with Gasteiger partial charge in [-0.15, -0.1) is 0 Å². The average molecular weight is 647 g/mol. The Morgan fingerprint density at radius 3 is 2.50 bits per heavy atom. The number of esters is 1. The summed E-state index contributed by atoms with van der Waals surface area (Å²) in [6.45, 7) is 5.43. The molecule has 1 N–H and O–H groups in total. The van der Waals surface area contributed by atoms with Gasteiger partial charge in [0, 0.05) is 36.7 Å². The Morgan fingerprint density at radius 2 is 1.85 bits per heavy atom. The second-order valence-corrected chi connectivity index (χ2v) is 13.7. The summed E-state index contributed by atoms with van der Waals surface area (Å²) in [5.74, 6) is -6.23. The SMILES string of the molecule is Cc1nccn1CCC(=O)O[C@@H](C)c1ccc([C@H]2C[C@@]3(C)[C@@H](CC[C@@]3(O)C(F)(F)C(F)(F)F)[C@@H]3CCC4=CC(=O)CCC4=C32)cc1. The van der Waals surface area contributed by atoms with Crippen molar-refractivity contribution >= 4 is 11.8 Å². The van der Waals surface area contributed by atoms with Crippen molar-refractivity contribution in [2.45, 2.75) is 108 Å².